The molecular formula is C20H29F2N5O3. The van der Waals surface area contributed by atoms with Gasteiger partial charge in [-0.25, -0.2) is 14.2 Å². The van der Waals surface area contributed by atoms with Crippen LogP contribution in [-0.4, -0.2) is 84.5 Å². The predicted molar refractivity (Wildman–Crippen MR) is 106 cm³/mol. The summed E-state index contributed by atoms with van der Waals surface area (Å²) in [6.07, 6.45) is 0.875. The lowest BCUT2D eigenvalue weighted by Gasteiger charge is -2.39. The molecule has 30 heavy (non-hydrogen) atoms. The van der Waals surface area contributed by atoms with E-state index in [0.29, 0.717) is 26.1 Å². The van der Waals surface area contributed by atoms with Crippen LogP contribution in [0.3, 0.4) is 0 Å². The number of hydrogen-bond acceptors (Lipinski definition) is 8. The van der Waals surface area contributed by atoms with Crippen LogP contribution in [-0.2, 0) is 4.74 Å². The highest BCUT2D eigenvalue weighted by Crippen LogP contribution is 2.40. The summed E-state index contributed by atoms with van der Waals surface area (Å²) in [6, 6.07) is -0.0672. The first-order chi connectivity index (χ1) is 14.2. The van der Waals surface area contributed by atoms with Gasteiger partial charge in [0.2, 0.25) is 11.6 Å². The quantitative estimate of drug-likeness (QED) is 0.712. The van der Waals surface area contributed by atoms with Gasteiger partial charge in [0.1, 0.15) is 12.3 Å². The number of nitrogens with zero attached hydrogens (tertiary/aromatic N) is 4. The van der Waals surface area contributed by atoms with Gasteiger partial charge in [0.15, 0.2) is 5.82 Å². The fourth-order valence-corrected chi connectivity index (χ4v) is 4.64. The van der Waals surface area contributed by atoms with Crippen LogP contribution >= 0.6 is 0 Å². The number of anilines is 1. The molecule has 10 heteroatoms. The second-order valence-corrected chi connectivity index (χ2v) is 8.85. The van der Waals surface area contributed by atoms with E-state index in [-0.39, 0.29) is 35.1 Å². The van der Waals surface area contributed by atoms with E-state index in [4.69, 9.17) is 9.47 Å². The molecule has 0 bridgehead atoms. The molecule has 3 heterocycles. The minimum absolute atomic E-state index is 0.0303. The van der Waals surface area contributed by atoms with Crippen LogP contribution in [0.15, 0.2) is 0 Å². The normalized spacial score (nSPS) is 29.1. The van der Waals surface area contributed by atoms with Gasteiger partial charge in [-0.3, -0.25) is 4.90 Å². The van der Waals surface area contributed by atoms with Crippen LogP contribution in [0.4, 0.5) is 14.6 Å². The zero-order valence-electron chi connectivity index (χ0n) is 17.8. The van der Waals surface area contributed by atoms with E-state index in [2.05, 4.69) is 15.3 Å². The number of alkyl halides is 1. The Hall–Kier alpha value is -2.07. The molecule has 1 saturated carbocycles. The van der Waals surface area contributed by atoms with E-state index in [1.54, 1.807) is 6.92 Å². The lowest BCUT2D eigenvalue weighted by Crippen LogP contribution is -2.57. The van der Waals surface area contributed by atoms with Crippen molar-refractivity contribution in [3.8, 4) is 5.88 Å². The van der Waals surface area contributed by atoms with E-state index in [1.165, 1.54) is 7.11 Å². The van der Waals surface area contributed by atoms with Gasteiger partial charge in [0.05, 0.1) is 7.11 Å². The molecule has 1 spiro atoms. The molecule has 3 fully saturated rings. The van der Waals surface area contributed by atoms with Crippen molar-refractivity contribution in [2.24, 2.45) is 0 Å². The summed E-state index contributed by atoms with van der Waals surface area (Å²) >= 11 is 0. The average molecular weight is 425 g/mol. The molecule has 166 valence electrons. The Labute approximate surface area is 174 Å². The summed E-state index contributed by atoms with van der Waals surface area (Å²) in [5, 5.41) is 3.56. The Kier molecular flexibility index (Phi) is 5.56. The van der Waals surface area contributed by atoms with Crippen LogP contribution in [0.1, 0.15) is 43.7 Å². The molecule has 2 aliphatic heterocycles. The molecule has 0 radical (unpaired) electrons. The smallest absolute Gasteiger partial charge is 0.376 e. The van der Waals surface area contributed by atoms with Gasteiger partial charge in [0, 0.05) is 37.3 Å². The first-order valence-electron chi connectivity index (χ1n) is 10.4. The van der Waals surface area contributed by atoms with E-state index >= 15 is 4.39 Å². The third-order valence-corrected chi connectivity index (χ3v) is 6.25. The summed E-state index contributed by atoms with van der Waals surface area (Å²) in [4.78, 5) is 24.0. The second-order valence-electron chi connectivity index (χ2n) is 8.85. The third-order valence-electron chi connectivity index (χ3n) is 6.25. The van der Waals surface area contributed by atoms with Crippen LogP contribution in [0.5, 0.6) is 5.88 Å². The van der Waals surface area contributed by atoms with Crippen molar-refractivity contribution in [2.75, 3.05) is 38.7 Å². The van der Waals surface area contributed by atoms with Crippen LogP contribution in [0, 0.1) is 5.82 Å². The molecule has 1 aliphatic carbocycles. The molecule has 1 aromatic heterocycles. The molecule has 1 N–H and O–H groups in total. The number of ether oxygens (including phenoxy) is 2. The number of hydrogen-bond donors (Lipinski definition) is 1. The Morgan fingerprint density at radius 3 is 2.67 bits per heavy atom. The molecule has 4 rings (SSSR count). The summed E-state index contributed by atoms with van der Waals surface area (Å²) < 4.78 is 39.8. The maximum absolute atomic E-state index is 15.5. The first-order valence-corrected chi connectivity index (χ1v) is 10.4. The lowest BCUT2D eigenvalue weighted by molar-refractivity contribution is 0.0581. The second kappa shape index (κ2) is 7.88. The van der Waals surface area contributed by atoms with Gasteiger partial charge in [0.25, 0.3) is 5.88 Å². The Balaban J connectivity index is 1.64. The highest BCUT2D eigenvalue weighted by Gasteiger charge is 2.48. The molecular weight excluding hydrogens is 396 g/mol. The van der Waals surface area contributed by atoms with E-state index in [1.807, 2.05) is 23.8 Å². The maximum atomic E-state index is 15.5. The Morgan fingerprint density at radius 2 is 2.07 bits per heavy atom. The molecule has 8 nitrogen and oxygen atoms in total. The van der Waals surface area contributed by atoms with Crippen LogP contribution < -0.4 is 15.0 Å². The molecule has 1 aromatic rings. The highest BCUT2D eigenvalue weighted by molar-refractivity contribution is 5.85. The number of rotatable bonds is 5. The van der Waals surface area contributed by atoms with Gasteiger partial charge < -0.3 is 19.7 Å². The van der Waals surface area contributed by atoms with Crippen LogP contribution in [0.2, 0.25) is 0 Å². The SMILES string of the molecule is COC(=O)c1nc(O[C@@H](C)[C@@H]2C[C@@H](F)CN2C)c(F)c(N2C[C@H](C)NC3(CC3)C2)n1. The molecule has 4 atom stereocenters. The van der Waals surface area contributed by atoms with Crippen molar-refractivity contribution in [2.45, 2.75) is 63.0 Å². The van der Waals surface area contributed by atoms with Gasteiger partial charge in [-0.15, -0.1) is 0 Å². The predicted octanol–water partition coefficient (Wildman–Crippen LogP) is 1.54. The fraction of sp³-hybridized carbons (Fsp3) is 0.750. The van der Waals surface area contributed by atoms with Gasteiger partial charge >= 0.3 is 5.97 Å². The monoisotopic (exact) mass is 425 g/mol. The van der Waals surface area contributed by atoms with Crippen molar-refractivity contribution in [1.82, 2.24) is 20.2 Å². The summed E-state index contributed by atoms with van der Waals surface area (Å²) in [5.41, 5.74) is -0.0303. The van der Waals surface area contributed by atoms with E-state index in [0.717, 1.165) is 12.8 Å². The summed E-state index contributed by atoms with van der Waals surface area (Å²) in [5.74, 6) is -2.00. The number of carbonyl (C=O) groups excluding carboxylic acids is 1. The van der Waals surface area contributed by atoms with Crippen molar-refractivity contribution in [3.05, 3.63) is 11.6 Å². The van der Waals surface area contributed by atoms with Crippen molar-refractivity contribution in [3.63, 3.8) is 0 Å². The number of nitrogens with one attached hydrogen (secondary N) is 1. The maximum Gasteiger partial charge on any atom is 0.376 e. The topological polar surface area (TPSA) is 79.8 Å². The van der Waals surface area contributed by atoms with Crippen LogP contribution in [0.25, 0.3) is 0 Å². The minimum Gasteiger partial charge on any atom is -0.471 e. The first kappa shape index (κ1) is 21.2. The van der Waals surface area contributed by atoms with Crippen molar-refractivity contribution >= 4 is 11.8 Å². The number of carbonyl (C=O) groups is 1. The molecule has 0 amide bonds. The number of esters is 1. The Morgan fingerprint density at radius 1 is 1.33 bits per heavy atom. The number of methoxy groups -OCH3 is 1. The van der Waals surface area contributed by atoms with Crippen molar-refractivity contribution < 1.29 is 23.0 Å². The average Bonchev–Trinajstić information content (AvgIpc) is 3.33. The highest BCUT2D eigenvalue weighted by atomic mass is 19.1. The fourth-order valence-electron chi connectivity index (χ4n) is 4.64. The standard InChI is InChI=1S/C20H29F2N5O3/c1-11-8-27(10-20(25-11)5-6-20)17-15(22)18(24-16(23-17)19(28)29-4)30-12(2)14-7-13(21)9-26(14)3/h11-14,25H,5-10H2,1-4H3/t11-,12-,13+,14-/m0/s1. The third kappa shape index (κ3) is 4.07. The van der Waals surface area contributed by atoms with Crippen molar-refractivity contribution in [1.29, 1.82) is 0 Å². The number of likely N-dealkylation sites (N-methyl/N-ethyl adjacent to an activating group) is 1. The molecule has 2 saturated heterocycles. The van der Waals surface area contributed by atoms with Gasteiger partial charge in [-0.05, 0) is 40.2 Å². The minimum atomic E-state index is -0.945. The molecule has 0 aromatic carbocycles. The zero-order chi connectivity index (χ0) is 21.6. The summed E-state index contributed by atoms with van der Waals surface area (Å²) in [7, 11) is 3.03. The number of halogens is 2. The van der Waals surface area contributed by atoms with E-state index in [9.17, 15) is 9.18 Å². The number of piperazine rings is 1. The summed E-state index contributed by atoms with van der Waals surface area (Å²) in [6.45, 7) is 5.24. The molecule has 3 aliphatic rings. The molecule has 0 unspecified atom stereocenters. The largest absolute Gasteiger partial charge is 0.471 e. The van der Waals surface area contributed by atoms with Gasteiger partial charge in [-0.1, -0.05) is 0 Å². The number of likely N-dealkylation sites (tertiary alicyclic amines) is 1. The number of aromatic nitrogens is 2. The Bertz CT molecular complexity index is 822. The van der Waals surface area contributed by atoms with Gasteiger partial charge in [-0.2, -0.15) is 9.37 Å². The lowest BCUT2D eigenvalue weighted by atomic mass is 10.1. The zero-order valence-corrected chi connectivity index (χ0v) is 17.8. The van der Waals surface area contributed by atoms with E-state index < -0.39 is 24.1 Å².